The highest BCUT2D eigenvalue weighted by molar-refractivity contribution is 5.77. The van der Waals surface area contributed by atoms with E-state index in [0.717, 1.165) is 18.6 Å². The van der Waals surface area contributed by atoms with Gasteiger partial charge in [0.05, 0.1) is 6.61 Å². The number of carbonyl (C=O) groups excluding carboxylic acids is 1. The molecule has 1 aliphatic rings. The van der Waals surface area contributed by atoms with E-state index < -0.39 is 0 Å². The van der Waals surface area contributed by atoms with Gasteiger partial charge in [0.1, 0.15) is 19.0 Å². The maximum absolute atomic E-state index is 12.1. The lowest BCUT2D eigenvalue weighted by molar-refractivity contribution is -0.126. The zero-order valence-electron chi connectivity index (χ0n) is 15.6. The van der Waals surface area contributed by atoms with Crippen molar-refractivity contribution in [2.75, 3.05) is 40.5 Å². The summed E-state index contributed by atoms with van der Waals surface area (Å²) in [5.74, 6) is 0.766. The Morgan fingerprint density at radius 3 is 2.40 bits per heavy atom. The van der Waals surface area contributed by atoms with Crippen LogP contribution in [0.4, 0.5) is 0 Å². The molecule has 1 aromatic carbocycles. The summed E-state index contributed by atoms with van der Waals surface area (Å²) in [6, 6.07) is 9.61. The van der Waals surface area contributed by atoms with Crippen molar-refractivity contribution in [3.8, 4) is 5.75 Å². The molecule has 5 nitrogen and oxygen atoms in total. The first kappa shape index (κ1) is 19.7. The summed E-state index contributed by atoms with van der Waals surface area (Å²) in [5.41, 5.74) is 0.0859. The van der Waals surface area contributed by atoms with Crippen LogP contribution in [0.1, 0.15) is 38.5 Å². The number of nitrogens with one attached hydrogen (secondary N) is 1. The summed E-state index contributed by atoms with van der Waals surface area (Å²) >= 11 is 0. The Morgan fingerprint density at radius 2 is 1.76 bits per heavy atom. The minimum absolute atomic E-state index is 0.0508. The van der Waals surface area contributed by atoms with E-state index in [1.165, 1.54) is 25.7 Å². The smallest absolute Gasteiger partial charge is 0.246 e. The van der Waals surface area contributed by atoms with Crippen LogP contribution in [-0.4, -0.2) is 56.8 Å². The molecular weight excluding hydrogens is 316 g/mol. The SMILES string of the molecule is CN(C)C1(CNC(=O)COCCOc2ccccc2)CCCCCC1. The monoisotopic (exact) mass is 348 g/mol. The number of para-hydroxylation sites is 1. The molecule has 2 rings (SSSR count). The Balaban J connectivity index is 1.63. The van der Waals surface area contributed by atoms with Crippen LogP contribution < -0.4 is 10.1 Å². The van der Waals surface area contributed by atoms with Crippen molar-refractivity contribution >= 4 is 5.91 Å². The standard InChI is InChI=1S/C20H32N2O3/c1-22(2)20(12-8-3-4-9-13-20)17-21-19(23)16-24-14-15-25-18-10-6-5-7-11-18/h5-7,10-11H,3-4,8-9,12-17H2,1-2H3,(H,21,23). The molecule has 0 spiro atoms. The fourth-order valence-corrected chi connectivity index (χ4v) is 3.38. The largest absolute Gasteiger partial charge is 0.491 e. The summed E-state index contributed by atoms with van der Waals surface area (Å²) in [7, 11) is 4.24. The summed E-state index contributed by atoms with van der Waals surface area (Å²) in [6.45, 7) is 1.63. The van der Waals surface area contributed by atoms with Crippen LogP contribution in [-0.2, 0) is 9.53 Å². The van der Waals surface area contributed by atoms with Crippen LogP contribution in [0.3, 0.4) is 0 Å². The van der Waals surface area contributed by atoms with Crippen molar-refractivity contribution in [1.29, 1.82) is 0 Å². The quantitative estimate of drug-likeness (QED) is 0.551. The second-order valence-electron chi connectivity index (χ2n) is 7.02. The highest BCUT2D eigenvalue weighted by Gasteiger charge is 2.33. The number of likely N-dealkylation sites (N-methyl/N-ethyl adjacent to an activating group) is 1. The highest BCUT2D eigenvalue weighted by atomic mass is 16.5. The first-order valence-corrected chi connectivity index (χ1v) is 9.32. The molecular formula is C20H32N2O3. The molecule has 0 saturated heterocycles. The van der Waals surface area contributed by atoms with Gasteiger partial charge in [-0.25, -0.2) is 0 Å². The molecule has 0 radical (unpaired) electrons. The fourth-order valence-electron chi connectivity index (χ4n) is 3.38. The Morgan fingerprint density at radius 1 is 1.08 bits per heavy atom. The molecule has 5 heteroatoms. The zero-order chi connectivity index (χ0) is 18.0. The molecule has 0 bridgehead atoms. The first-order chi connectivity index (χ1) is 12.1. The van der Waals surface area contributed by atoms with Gasteiger partial charge in [-0.3, -0.25) is 4.79 Å². The number of carbonyl (C=O) groups is 1. The third-order valence-corrected chi connectivity index (χ3v) is 5.07. The summed E-state index contributed by atoms with van der Waals surface area (Å²) in [6.07, 6.45) is 7.36. The molecule has 1 fully saturated rings. The molecule has 1 saturated carbocycles. The number of benzene rings is 1. The lowest BCUT2D eigenvalue weighted by Crippen LogP contribution is -2.53. The van der Waals surface area contributed by atoms with Crippen molar-refractivity contribution in [2.24, 2.45) is 0 Å². The topological polar surface area (TPSA) is 50.8 Å². The van der Waals surface area contributed by atoms with Gasteiger partial charge in [-0.2, -0.15) is 0 Å². The third-order valence-electron chi connectivity index (χ3n) is 5.07. The van der Waals surface area contributed by atoms with E-state index in [0.29, 0.717) is 19.8 Å². The van der Waals surface area contributed by atoms with E-state index >= 15 is 0 Å². The van der Waals surface area contributed by atoms with Crippen molar-refractivity contribution in [1.82, 2.24) is 10.2 Å². The number of hydrogen-bond acceptors (Lipinski definition) is 4. The predicted molar refractivity (Wildman–Crippen MR) is 99.9 cm³/mol. The number of hydrogen-bond donors (Lipinski definition) is 1. The van der Waals surface area contributed by atoms with Crippen LogP contribution in [0.15, 0.2) is 30.3 Å². The lowest BCUT2D eigenvalue weighted by atomic mass is 9.88. The van der Waals surface area contributed by atoms with Crippen LogP contribution >= 0.6 is 0 Å². The fraction of sp³-hybridized carbons (Fsp3) is 0.650. The van der Waals surface area contributed by atoms with Crippen molar-refractivity contribution in [3.63, 3.8) is 0 Å². The molecule has 1 amide bonds. The molecule has 1 N–H and O–H groups in total. The maximum Gasteiger partial charge on any atom is 0.246 e. The van der Waals surface area contributed by atoms with Gasteiger partial charge in [0, 0.05) is 12.1 Å². The number of ether oxygens (including phenoxy) is 2. The number of rotatable bonds is 9. The highest BCUT2D eigenvalue weighted by Crippen LogP contribution is 2.30. The van der Waals surface area contributed by atoms with E-state index in [4.69, 9.17) is 9.47 Å². The molecule has 0 atom stereocenters. The normalized spacial score (nSPS) is 17.1. The second kappa shape index (κ2) is 10.4. The van der Waals surface area contributed by atoms with Gasteiger partial charge in [0.2, 0.25) is 5.91 Å². The average Bonchev–Trinajstić information content (AvgIpc) is 2.87. The Bertz CT molecular complexity index is 497. The molecule has 25 heavy (non-hydrogen) atoms. The Labute approximate surface area is 151 Å². The van der Waals surface area contributed by atoms with Gasteiger partial charge in [0.25, 0.3) is 0 Å². The van der Waals surface area contributed by atoms with Crippen molar-refractivity contribution in [2.45, 2.75) is 44.1 Å². The second-order valence-corrected chi connectivity index (χ2v) is 7.02. The van der Waals surface area contributed by atoms with Gasteiger partial charge in [-0.15, -0.1) is 0 Å². The van der Waals surface area contributed by atoms with Crippen molar-refractivity contribution < 1.29 is 14.3 Å². The van der Waals surface area contributed by atoms with Gasteiger partial charge >= 0.3 is 0 Å². The lowest BCUT2D eigenvalue weighted by Gasteiger charge is -2.39. The molecule has 0 aliphatic heterocycles. The van der Waals surface area contributed by atoms with Crippen LogP contribution in [0.2, 0.25) is 0 Å². The molecule has 1 aliphatic carbocycles. The summed E-state index contributed by atoms with van der Waals surface area (Å²) in [5, 5.41) is 3.06. The molecule has 0 unspecified atom stereocenters. The van der Waals surface area contributed by atoms with Gasteiger partial charge < -0.3 is 19.7 Å². The zero-order valence-corrected chi connectivity index (χ0v) is 15.6. The first-order valence-electron chi connectivity index (χ1n) is 9.32. The predicted octanol–water partition coefficient (Wildman–Crippen LogP) is 2.85. The van der Waals surface area contributed by atoms with E-state index in [1.54, 1.807) is 0 Å². The molecule has 0 aromatic heterocycles. The van der Waals surface area contributed by atoms with Crippen LogP contribution in [0, 0.1) is 0 Å². The molecule has 0 heterocycles. The molecule has 1 aromatic rings. The van der Waals surface area contributed by atoms with E-state index in [2.05, 4.69) is 24.3 Å². The Hall–Kier alpha value is -1.59. The number of amides is 1. The van der Waals surface area contributed by atoms with Crippen molar-refractivity contribution in [3.05, 3.63) is 30.3 Å². The maximum atomic E-state index is 12.1. The van der Waals surface area contributed by atoms with Crippen LogP contribution in [0.5, 0.6) is 5.75 Å². The van der Waals surface area contributed by atoms with Crippen LogP contribution in [0.25, 0.3) is 0 Å². The number of nitrogens with zero attached hydrogens (tertiary/aromatic N) is 1. The summed E-state index contributed by atoms with van der Waals surface area (Å²) < 4.78 is 11.0. The minimum Gasteiger partial charge on any atom is -0.491 e. The van der Waals surface area contributed by atoms with Gasteiger partial charge in [0.15, 0.2) is 0 Å². The van der Waals surface area contributed by atoms with E-state index in [9.17, 15) is 4.79 Å². The van der Waals surface area contributed by atoms with E-state index in [1.807, 2.05) is 30.3 Å². The summed E-state index contributed by atoms with van der Waals surface area (Å²) in [4.78, 5) is 14.4. The van der Waals surface area contributed by atoms with Gasteiger partial charge in [-0.1, -0.05) is 43.9 Å². The van der Waals surface area contributed by atoms with Gasteiger partial charge in [-0.05, 0) is 39.1 Å². The molecule has 140 valence electrons. The third kappa shape index (κ3) is 6.67. The van der Waals surface area contributed by atoms with E-state index in [-0.39, 0.29) is 18.1 Å². The Kier molecular flexibility index (Phi) is 8.22. The minimum atomic E-state index is -0.0508. The average molecular weight is 348 g/mol.